The number of amides is 1. The number of thioether (sulfide) groups is 1. The van der Waals surface area contributed by atoms with Crippen LogP contribution in [-0.2, 0) is 4.79 Å². The molecule has 0 atom stereocenters. The molecular formula is C13H11N5O4S. The SMILES string of the molecule is Cc1nonc1NC(=O)CSc1nnc(-c2ccc(O)cc2)o1. The highest BCUT2D eigenvalue weighted by Crippen LogP contribution is 2.24. The lowest BCUT2D eigenvalue weighted by molar-refractivity contribution is -0.113. The van der Waals surface area contributed by atoms with Crippen LogP contribution in [0.5, 0.6) is 5.75 Å². The van der Waals surface area contributed by atoms with Gasteiger partial charge in [0.1, 0.15) is 11.4 Å². The van der Waals surface area contributed by atoms with Crippen molar-refractivity contribution in [3.8, 4) is 17.2 Å². The summed E-state index contributed by atoms with van der Waals surface area (Å²) < 4.78 is 9.94. The Bertz CT molecular complexity index is 814. The van der Waals surface area contributed by atoms with E-state index < -0.39 is 0 Å². The van der Waals surface area contributed by atoms with Crippen molar-refractivity contribution in [2.45, 2.75) is 12.1 Å². The van der Waals surface area contributed by atoms with Gasteiger partial charge < -0.3 is 14.8 Å². The number of phenols is 1. The number of aryl methyl sites for hydroxylation is 1. The average Bonchev–Trinajstić information content (AvgIpc) is 3.16. The Balaban J connectivity index is 1.58. The summed E-state index contributed by atoms with van der Waals surface area (Å²) in [5.41, 5.74) is 1.17. The molecule has 0 unspecified atom stereocenters. The summed E-state index contributed by atoms with van der Waals surface area (Å²) in [6.07, 6.45) is 0. The Morgan fingerprint density at radius 1 is 1.26 bits per heavy atom. The van der Waals surface area contributed by atoms with Gasteiger partial charge in [-0.1, -0.05) is 16.9 Å². The Morgan fingerprint density at radius 2 is 2.04 bits per heavy atom. The van der Waals surface area contributed by atoms with Gasteiger partial charge in [-0.25, -0.2) is 4.63 Å². The first kappa shape index (κ1) is 15.0. The number of aromatic nitrogens is 4. The van der Waals surface area contributed by atoms with Gasteiger partial charge in [0.25, 0.3) is 5.22 Å². The minimum absolute atomic E-state index is 0.0729. The molecule has 0 aliphatic rings. The Hall–Kier alpha value is -2.88. The number of rotatable bonds is 5. The molecule has 3 rings (SSSR count). The lowest BCUT2D eigenvalue weighted by Gasteiger charge is -1.99. The number of anilines is 1. The van der Waals surface area contributed by atoms with Gasteiger partial charge in [-0.2, -0.15) is 0 Å². The van der Waals surface area contributed by atoms with E-state index in [9.17, 15) is 9.90 Å². The van der Waals surface area contributed by atoms with Gasteiger partial charge in [0.2, 0.25) is 11.8 Å². The van der Waals surface area contributed by atoms with Gasteiger partial charge in [-0.3, -0.25) is 4.79 Å². The van der Waals surface area contributed by atoms with Gasteiger partial charge >= 0.3 is 0 Å². The van der Waals surface area contributed by atoms with Crippen molar-refractivity contribution in [3.63, 3.8) is 0 Å². The molecule has 0 saturated heterocycles. The van der Waals surface area contributed by atoms with E-state index in [1.165, 1.54) is 12.1 Å². The Kier molecular flexibility index (Phi) is 4.24. The summed E-state index contributed by atoms with van der Waals surface area (Å²) in [7, 11) is 0. The third-order valence-electron chi connectivity index (χ3n) is 2.76. The zero-order valence-corrected chi connectivity index (χ0v) is 12.7. The standard InChI is InChI=1S/C13H11N5O4S/c1-7-11(18-22-17-7)14-10(20)6-23-13-16-15-12(21-13)8-2-4-9(19)5-3-8/h2-5,19H,6H2,1H3,(H,14,18,20). The first-order valence-corrected chi connectivity index (χ1v) is 7.45. The van der Waals surface area contributed by atoms with E-state index in [4.69, 9.17) is 4.42 Å². The zero-order chi connectivity index (χ0) is 16.2. The van der Waals surface area contributed by atoms with Crippen LogP contribution >= 0.6 is 11.8 Å². The van der Waals surface area contributed by atoms with Crippen LogP contribution in [0, 0.1) is 6.92 Å². The molecule has 23 heavy (non-hydrogen) atoms. The first-order chi connectivity index (χ1) is 11.1. The van der Waals surface area contributed by atoms with Crippen molar-refractivity contribution in [1.82, 2.24) is 20.5 Å². The highest BCUT2D eigenvalue weighted by molar-refractivity contribution is 7.99. The fraction of sp³-hybridized carbons (Fsp3) is 0.154. The molecule has 10 heteroatoms. The summed E-state index contributed by atoms with van der Waals surface area (Å²) >= 11 is 1.09. The second-order valence-corrected chi connectivity index (χ2v) is 5.38. The topological polar surface area (TPSA) is 127 Å². The minimum Gasteiger partial charge on any atom is -0.508 e. The number of hydrogen-bond donors (Lipinski definition) is 2. The molecular weight excluding hydrogens is 322 g/mol. The molecule has 0 spiro atoms. The first-order valence-electron chi connectivity index (χ1n) is 6.46. The second-order valence-electron chi connectivity index (χ2n) is 4.46. The smallest absolute Gasteiger partial charge is 0.277 e. The molecule has 1 amide bonds. The van der Waals surface area contributed by atoms with Crippen molar-refractivity contribution in [1.29, 1.82) is 0 Å². The number of phenolic OH excluding ortho intramolecular Hbond substituents is 1. The maximum absolute atomic E-state index is 11.8. The highest BCUT2D eigenvalue weighted by atomic mass is 32.2. The number of benzene rings is 1. The Labute approximate surface area is 134 Å². The van der Waals surface area contributed by atoms with Crippen molar-refractivity contribution < 1.29 is 18.9 Å². The van der Waals surface area contributed by atoms with Crippen molar-refractivity contribution in [3.05, 3.63) is 30.0 Å². The molecule has 0 fully saturated rings. The summed E-state index contributed by atoms with van der Waals surface area (Å²) in [6, 6.07) is 6.36. The lowest BCUT2D eigenvalue weighted by atomic mass is 10.2. The van der Waals surface area contributed by atoms with E-state index in [1.54, 1.807) is 19.1 Å². The van der Waals surface area contributed by atoms with Crippen LogP contribution in [0.1, 0.15) is 5.69 Å². The van der Waals surface area contributed by atoms with E-state index in [-0.39, 0.29) is 28.5 Å². The molecule has 0 aliphatic heterocycles. The molecule has 2 N–H and O–H groups in total. The van der Waals surface area contributed by atoms with Gasteiger partial charge in [-0.05, 0) is 36.3 Å². The van der Waals surface area contributed by atoms with E-state index in [0.717, 1.165) is 11.8 Å². The van der Waals surface area contributed by atoms with Crippen LogP contribution in [0.4, 0.5) is 5.82 Å². The largest absolute Gasteiger partial charge is 0.508 e. The molecule has 2 heterocycles. The predicted molar refractivity (Wildman–Crippen MR) is 79.8 cm³/mol. The van der Waals surface area contributed by atoms with Crippen LogP contribution in [0.2, 0.25) is 0 Å². The number of nitrogens with zero attached hydrogens (tertiary/aromatic N) is 4. The van der Waals surface area contributed by atoms with Crippen LogP contribution in [0.15, 0.2) is 38.5 Å². The normalized spacial score (nSPS) is 10.7. The zero-order valence-electron chi connectivity index (χ0n) is 11.9. The van der Waals surface area contributed by atoms with Crippen LogP contribution < -0.4 is 5.32 Å². The molecule has 0 radical (unpaired) electrons. The number of carbonyl (C=O) groups is 1. The second kappa shape index (κ2) is 6.48. The van der Waals surface area contributed by atoms with Gasteiger partial charge in [-0.15, -0.1) is 10.2 Å². The summed E-state index contributed by atoms with van der Waals surface area (Å²) in [6.45, 7) is 1.67. The third-order valence-corrected chi connectivity index (χ3v) is 3.58. The molecule has 9 nitrogen and oxygen atoms in total. The molecule has 0 aliphatic carbocycles. The number of nitrogens with one attached hydrogen (secondary N) is 1. The number of hydrogen-bond acceptors (Lipinski definition) is 9. The molecule has 0 saturated carbocycles. The monoisotopic (exact) mass is 333 g/mol. The molecule has 0 bridgehead atoms. The highest BCUT2D eigenvalue weighted by Gasteiger charge is 2.13. The number of aromatic hydroxyl groups is 1. The fourth-order valence-electron chi connectivity index (χ4n) is 1.63. The predicted octanol–water partition coefficient (Wildman–Crippen LogP) is 1.86. The Morgan fingerprint density at radius 3 is 2.74 bits per heavy atom. The van der Waals surface area contributed by atoms with Crippen LogP contribution in [-0.4, -0.2) is 37.3 Å². The van der Waals surface area contributed by atoms with E-state index in [2.05, 4.69) is 30.5 Å². The summed E-state index contributed by atoms with van der Waals surface area (Å²) in [4.78, 5) is 11.8. The van der Waals surface area contributed by atoms with Crippen LogP contribution in [0.3, 0.4) is 0 Å². The lowest BCUT2D eigenvalue weighted by Crippen LogP contribution is -2.14. The quantitative estimate of drug-likeness (QED) is 0.672. The average molecular weight is 333 g/mol. The minimum atomic E-state index is -0.293. The molecule has 3 aromatic rings. The van der Waals surface area contributed by atoms with E-state index in [1.807, 2.05) is 0 Å². The fourth-order valence-corrected chi connectivity index (χ4v) is 2.19. The van der Waals surface area contributed by atoms with E-state index in [0.29, 0.717) is 17.1 Å². The summed E-state index contributed by atoms with van der Waals surface area (Å²) in [5.74, 6) is 0.523. The van der Waals surface area contributed by atoms with Crippen molar-refractivity contribution in [2.75, 3.05) is 11.1 Å². The molecule has 118 valence electrons. The van der Waals surface area contributed by atoms with Gasteiger partial charge in [0.05, 0.1) is 5.75 Å². The van der Waals surface area contributed by atoms with Gasteiger partial charge in [0.15, 0.2) is 5.82 Å². The maximum Gasteiger partial charge on any atom is 0.277 e. The molecule has 2 aromatic heterocycles. The van der Waals surface area contributed by atoms with Crippen molar-refractivity contribution >= 4 is 23.5 Å². The van der Waals surface area contributed by atoms with Crippen molar-refractivity contribution in [2.24, 2.45) is 0 Å². The molecule has 1 aromatic carbocycles. The van der Waals surface area contributed by atoms with E-state index >= 15 is 0 Å². The van der Waals surface area contributed by atoms with Crippen LogP contribution in [0.25, 0.3) is 11.5 Å². The number of carbonyl (C=O) groups excluding carboxylic acids is 1. The summed E-state index contributed by atoms with van der Waals surface area (Å²) in [5, 5.41) is 27.0. The maximum atomic E-state index is 11.8. The van der Waals surface area contributed by atoms with Gasteiger partial charge in [0, 0.05) is 5.56 Å². The third kappa shape index (κ3) is 3.66.